The lowest BCUT2D eigenvalue weighted by Gasteiger charge is -2.06. The molecule has 0 aliphatic carbocycles. The van der Waals surface area contributed by atoms with Crippen molar-refractivity contribution in [1.82, 2.24) is 3.53 Å². The van der Waals surface area contributed by atoms with Crippen molar-refractivity contribution in [3.8, 4) is 0 Å². The van der Waals surface area contributed by atoms with Crippen LogP contribution in [0, 0.1) is 0 Å². The minimum Gasteiger partial charge on any atom is -0.392 e. The number of hydrogen-bond donors (Lipinski definition) is 2. The van der Waals surface area contributed by atoms with Crippen molar-refractivity contribution >= 4 is 22.9 Å². The first kappa shape index (κ1) is 9.65. The van der Waals surface area contributed by atoms with Crippen molar-refractivity contribution in [3.63, 3.8) is 0 Å². The SMILES string of the molecule is CCCCC(O)CNI. The van der Waals surface area contributed by atoms with E-state index < -0.39 is 0 Å². The van der Waals surface area contributed by atoms with Gasteiger partial charge in [-0.15, -0.1) is 0 Å². The molecule has 1 atom stereocenters. The third-order valence-corrected chi connectivity index (χ3v) is 1.64. The Morgan fingerprint density at radius 1 is 1.67 bits per heavy atom. The van der Waals surface area contributed by atoms with E-state index in [-0.39, 0.29) is 6.10 Å². The highest BCUT2D eigenvalue weighted by molar-refractivity contribution is 14.1. The van der Waals surface area contributed by atoms with E-state index in [1.807, 2.05) is 22.9 Å². The summed E-state index contributed by atoms with van der Waals surface area (Å²) >= 11 is 2.04. The number of nitrogens with one attached hydrogen (secondary N) is 1. The lowest BCUT2D eigenvalue weighted by Crippen LogP contribution is -2.19. The van der Waals surface area contributed by atoms with E-state index >= 15 is 0 Å². The van der Waals surface area contributed by atoms with Gasteiger partial charge in [0.15, 0.2) is 0 Å². The zero-order chi connectivity index (χ0) is 7.11. The van der Waals surface area contributed by atoms with Gasteiger partial charge >= 0.3 is 0 Å². The van der Waals surface area contributed by atoms with E-state index in [2.05, 4.69) is 10.5 Å². The summed E-state index contributed by atoms with van der Waals surface area (Å²) in [6.45, 7) is 2.84. The van der Waals surface area contributed by atoms with Crippen molar-refractivity contribution in [1.29, 1.82) is 0 Å². The molecule has 0 heterocycles. The molecule has 0 saturated carbocycles. The monoisotopic (exact) mass is 243 g/mol. The van der Waals surface area contributed by atoms with Crippen LogP contribution in [0.25, 0.3) is 0 Å². The summed E-state index contributed by atoms with van der Waals surface area (Å²) < 4.78 is 2.90. The maximum Gasteiger partial charge on any atom is 0.0672 e. The average molecular weight is 243 g/mol. The molecule has 0 radical (unpaired) electrons. The first-order valence-electron chi connectivity index (χ1n) is 3.32. The van der Waals surface area contributed by atoms with Gasteiger partial charge in [0.05, 0.1) is 6.10 Å². The fraction of sp³-hybridized carbons (Fsp3) is 1.00. The number of hydrogen-bond acceptors (Lipinski definition) is 2. The van der Waals surface area contributed by atoms with Crippen molar-refractivity contribution < 1.29 is 5.11 Å². The summed E-state index contributed by atoms with van der Waals surface area (Å²) in [4.78, 5) is 0. The molecule has 0 rings (SSSR count). The number of rotatable bonds is 5. The van der Waals surface area contributed by atoms with Gasteiger partial charge in [0, 0.05) is 29.4 Å². The summed E-state index contributed by atoms with van der Waals surface area (Å²) in [5.41, 5.74) is 0. The molecule has 0 aromatic carbocycles. The molecule has 0 aromatic rings. The Hall–Kier alpha value is 0.650. The zero-order valence-electron chi connectivity index (χ0n) is 5.73. The van der Waals surface area contributed by atoms with E-state index in [9.17, 15) is 0 Å². The quantitative estimate of drug-likeness (QED) is 0.566. The van der Waals surface area contributed by atoms with Crippen molar-refractivity contribution in [2.75, 3.05) is 6.54 Å². The molecular formula is C6H14INO. The third kappa shape index (κ3) is 6.54. The van der Waals surface area contributed by atoms with Crippen LogP contribution < -0.4 is 3.53 Å². The van der Waals surface area contributed by atoms with Gasteiger partial charge in [0.1, 0.15) is 0 Å². The second-order valence-electron chi connectivity index (χ2n) is 2.13. The molecule has 0 spiro atoms. The van der Waals surface area contributed by atoms with Crippen LogP contribution in [0.1, 0.15) is 26.2 Å². The largest absolute Gasteiger partial charge is 0.392 e. The van der Waals surface area contributed by atoms with Gasteiger partial charge in [-0.3, -0.25) is 3.53 Å². The Morgan fingerprint density at radius 2 is 2.33 bits per heavy atom. The van der Waals surface area contributed by atoms with Gasteiger partial charge in [-0.05, 0) is 6.42 Å². The maximum absolute atomic E-state index is 9.11. The molecule has 2 nitrogen and oxygen atoms in total. The van der Waals surface area contributed by atoms with E-state index in [0.717, 1.165) is 19.3 Å². The van der Waals surface area contributed by atoms with Crippen LogP contribution in [0.5, 0.6) is 0 Å². The van der Waals surface area contributed by atoms with Gasteiger partial charge in [-0.2, -0.15) is 0 Å². The molecule has 56 valence electrons. The van der Waals surface area contributed by atoms with E-state index in [4.69, 9.17) is 5.11 Å². The standard InChI is InChI=1S/C6H14INO/c1-2-3-4-6(9)5-8-7/h6,8-9H,2-5H2,1H3. The fourth-order valence-corrected chi connectivity index (χ4v) is 1.14. The van der Waals surface area contributed by atoms with Crippen molar-refractivity contribution in [2.24, 2.45) is 0 Å². The smallest absolute Gasteiger partial charge is 0.0672 e. The van der Waals surface area contributed by atoms with E-state index in [1.165, 1.54) is 0 Å². The molecule has 1 unspecified atom stereocenters. The van der Waals surface area contributed by atoms with Crippen molar-refractivity contribution in [3.05, 3.63) is 0 Å². The van der Waals surface area contributed by atoms with Crippen molar-refractivity contribution in [2.45, 2.75) is 32.3 Å². The predicted octanol–water partition coefficient (Wildman–Crippen LogP) is 1.48. The number of unbranched alkanes of at least 4 members (excludes halogenated alkanes) is 1. The predicted molar refractivity (Wildman–Crippen MR) is 47.6 cm³/mol. The second kappa shape index (κ2) is 6.77. The van der Waals surface area contributed by atoms with Crippen LogP contribution in [-0.2, 0) is 0 Å². The first-order valence-corrected chi connectivity index (χ1v) is 4.40. The van der Waals surface area contributed by atoms with Gasteiger partial charge in [-0.25, -0.2) is 0 Å². The summed E-state index contributed by atoms with van der Waals surface area (Å²) in [6.07, 6.45) is 3.06. The Morgan fingerprint density at radius 3 is 2.78 bits per heavy atom. The minimum absolute atomic E-state index is 0.151. The lowest BCUT2D eigenvalue weighted by molar-refractivity contribution is 0.167. The molecule has 2 N–H and O–H groups in total. The third-order valence-electron chi connectivity index (χ3n) is 1.20. The molecule has 0 fully saturated rings. The maximum atomic E-state index is 9.11. The highest BCUT2D eigenvalue weighted by atomic mass is 127. The molecule has 0 amide bonds. The molecule has 9 heavy (non-hydrogen) atoms. The molecule has 0 aliphatic rings. The van der Waals surface area contributed by atoms with E-state index in [0.29, 0.717) is 6.54 Å². The Kier molecular flexibility index (Phi) is 7.25. The first-order chi connectivity index (χ1) is 4.31. The average Bonchev–Trinajstić information content (AvgIpc) is 1.85. The van der Waals surface area contributed by atoms with E-state index in [1.54, 1.807) is 0 Å². The number of aliphatic hydroxyl groups excluding tert-OH is 1. The minimum atomic E-state index is -0.151. The Balaban J connectivity index is 2.95. The van der Waals surface area contributed by atoms with Gasteiger partial charge in [0.2, 0.25) is 0 Å². The van der Waals surface area contributed by atoms with Gasteiger partial charge in [-0.1, -0.05) is 19.8 Å². The van der Waals surface area contributed by atoms with Gasteiger partial charge < -0.3 is 5.11 Å². The normalized spacial score (nSPS) is 13.7. The van der Waals surface area contributed by atoms with Crippen LogP contribution in [0.2, 0.25) is 0 Å². The van der Waals surface area contributed by atoms with Crippen LogP contribution >= 0.6 is 22.9 Å². The lowest BCUT2D eigenvalue weighted by atomic mass is 10.2. The molecule has 0 aromatic heterocycles. The fourth-order valence-electron chi connectivity index (χ4n) is 0.631. The van der Waals surface area contributed by atoms with Crippen LogP contribution in [-0.4, -0.2) is 17.8 Å². The summed E-state index contributed by atoms with van der Waals surface area (Å²) in [6, 6.07) is 0. The number of aliphatic hydroxyl groups is 1. The summed E-state index contributed by atoms with van der Waals surface area (Å²) in [5, 5.41) is 9.11. The molecule has 3 heteroatoms. The van der Waals surface area contributed by atoms with Gasteiger partial charge in [0.25, 0.3) is 0 Å². The molecule has 0 bridgehead atoms. The van der Waals surface area contributed by atoms with Crippen LogP contribution in [0.15, 0.2) is 0 Å². The summed E-state index contributed by atoms with van der Waals surface area (Å²) in [7, 11) is 0. The zero-order valence-corrected chi connectivity index (χ0v) is 7.89. The Labute approximate surface area is 70.5 Å². The second-order valence-corrected chi connectivity index (χ2v) is 2.90. The van der Waals surface area contributed by atoms with Crippen LogP contribution in [0.4, 0.5) is 0 Å². The van der Waals surface area contributed by atoms with Crippen LogP contribution in [0.3, 0.4) is 0 Å². The molecular weight excluding hydrogens is 229 g/mol. The highest BCUT2D eigenvalue weighted by Crippen LogP contribution is 1.98. The molecule has 0 saturated heterocycles. The molecule has 0 aliphatic heterocycles. The highest BCUT2D eigenvalue weighted by Gasteiger charge is 1.99. The summed E-state index contributed by atoms with van der Waals surface area (Å²) in [5.74, 6) is 0. The topological polar surface area (TPSA) is 32.3 Å². The Bertz CT molecular complexity index is 61.0. The number of halogens is 1.